The summed E-state index contributed by atoms with van der Waals surface area (Å²) < 4.78 is 5.46. The van der Waals surface area contributed by atoms with Gasteiger partial charge in [-0.1, -0.05) is 53.2 Å². The second-order valence-electron chi connectivity index (χ2n) is 6.34. The van der Waals surface area contributed by atoms with E-state index in [9.17, 15) is 4.79 Å². The molecule has 1 saturated carbocycles. The van der Waals surface area contributed by atoms with Crippen molar-refractivity contribution in [3.63, 3.8) is 0 Å². The summed E-state index contributed by atoms with van der Waals surface area (Å²) in [4.78, 5) is 12.7. The fourth-order valence-electron chi connectivity index (χ4n) is 2.85. The topological polar surface area (TPSA) is 55.1 Å². The monoisotopic (exact) mass is 318 g/mol. The Kier molecular flexibility index (Phi) is 3.45. The van der Waals surface area contributed by atoms with Gasteiger partial charge in [0.15, 0.2) is 5.76 Å². The summed E-state index contributed by atoms with van der Waals surface area (Å²) in [6.45, 7) is 2.02. The smallest absolute Gasteiger partial charge is 0.236 e. The predicted molar refractivity (Wildman–Crippen MR) is 92.7 cm³/mol. The van der Waals surface area contributed by atoms with Crippen LogP contribution < -0.4 is 5.32 Å². The highest BCUT2D eigenvalue weighted by molar-refractivity contribution is 6.01. The Bertz CT molecular complexity index is 862. The highest BCUT2D eigenvalue weighted by Crippen LogP contribution is 2.49. The molecule has 3 aromatic rings. The Morgan fingerprint density at radius 3 is 2.46 bits per heavy atom. The summed E-state index contributed by atoms with van der Waals surface area (Å²) >= 11 is 0. The lowest BCUT2D eigenvalue weighted by Crippen LogP contribution is -2.28. The third-order valence-electron chi connectivity index (χ3n) is 4.55. The standard InChI is InChI=1S/C20H18N2O2/c1-14-7-9-16(10-8-14)21-19(23)20(11-12-20)18-13-17(24-22-18)15-5-3-2-4-6-15/h2-10,13H,11-12H2,1H3,(H,21,23). The molecular weight excluding hydrogens is 300 g/mol. The van der Waals surface area contributed by atoms with Gasteiger partial charge in [0, 0.05) is 17.3 Å². The molecule has 0 radical (unpaired) electrons. The highest BCUT2D eigenvalue weighted by atomic mass is 16.5. The largest absolute Gasteiger partial charge is 0.356 e. The van der Waals surface area contributed by atoms with Crippen molar-refractivity contribution in [3.8, 4) is 11.3 Å². The first-order valence-corrected chi connectivity index (χ1v) is 8.08. The number of nitrogens with one attached hydrogen (secondary N) is 1. The molecule has 0 atom stereocenters. The summed E-state index contributed by atoms with van der Waals surface area (Å²) in [5, 5.41) is 7.17. The van der Waals surface area contributed by atoms with E-state index in [4.69, 9.17) is 4.52 Å². The molecule has 0 aliphatic heterocycles. The zero-order valence-electron chi connectivity index (χ0n) is 13.5. The summed E-state index contributed by atoms with van der Waals surface area (Å²) in [6, 6.07) is 19.5. The number of carbonyl (C=O) groups excluding carboxylic acids is 1. The predicted octanol–water partition coefficient (Wildman–Crippen LogP) is 4.32. The molecule has 1 amide bonds. The molecule has 2 aromatic carbocycles. The van der Waals surface area contributed by atoms with E-state index in [2.05, 4.69) is 10.5 Å². The molecule has 1 aliphatic carbocycles. The van der Waals surface area contributed by atoms with Crippen LogP contribution in [0, 0.1) is 6.92 Å². The van der Waals surface area contributed by atoms with Crippen LogP contribution in [0.4, 0.5) is 5.69 Å². The van der Waals surface area contributed by atoms with Crippen molar-refractivity contribution in [2.45, 2.75) is 25.2 Å². The van der Waals surface area contributed by atoms with Crippen LogP contribution in [-0.4, -0.2) is 11.1 Å². The Labute approximate surface area is 140 Å². The van der Waals surface area contributed by atoms with Gasteiger partial charge in [-0.25, -0.2) is 0 Å². The summed E-state index contributed by atoms with van der Waals surface area (Å²) in [5.74, 6) is 0.680. The molecule has 1 aromatic heterocycles. The number of anilines is 1. The summed E-state index contributed by atoms with van der Waals surface area (Å²) in [5.41, 5.74) is 3.10. The van der Waals surface area contributed by atoms with E-state index in [1.807, 2.05) is 67.6 Å². The minimum atomic E-state index is -0.554. The quantitative estimate of drug-likeness (QED) is 0.779. The lowest BCUT2D eigenvalue weighted by Gasteiger charge is -2.12. The van der Waals surface area contributed by atoms with Crippen LogP contribution in [0.3, 0.4) is 0 Å². The van der Waals surface area contributed by atoms with Crippen LogP contribution in [0.15, 0.2) is 65.2 Å². The molecule has 4 nitrogen and oxygen atoms in total. The van der Waals surface area contributed by atoms with Gasteiger partial charge in [-0.15, -0.1) is 0 Å². The lowest BCUT2D eigenvalue weighted by atomic mass is 10.00. The van der Waals surface area contributed by atoms with Crippen LogP contribution in [0.25, 0.3) is 11.3 Å². The first-order valence-electron chi connectivity index (χ1n) is 8.08. The minimum Gasteiger partial charge on any atom is -0.356 e. The third-order valence-corrected chi connectivity index (χ3v) is 4.55. The van der Waals surface area contributed by atoms with Gasteiger partial charge in [-0.2, -0.15) is 0 Å². The van der Waals surface area contributed by atoms with Gasteiger partial charge in [0.05, 0.1) is 11.1 Å². The van der Waals surface area contributed by atoms with Crippen molar-refractivity contribution in [2.24, 2.45) is 0 Å². The molecular formula is C20H18N2O2. The van der Waals surface area contributed by atoms with E-state index < -0.39 is 5.41 Å². The van der Waals surface area contributed by atoms with Gasteiger partial charge in [0.1, 0.15) is 0 Å². The Balaban J connectivity index is 1.56. The Morgan fingerprint density at radius 2 is 1.79 bits per heavy atom. The van der Waals surface area contributed by atoms with Crippen molar-refractivity contribution < 1.29 is 9.32 Å². The van der Waals surface area contributed by atoms with E-state index in [0.717, 1.165) is 29.7 Å². The fraction of sp³-hybridized carbons (Fsp3) is 0.200. The maximum absolute atomic E-state index is 12.7. The van der Waals surface area contributed by atoms with Gasteiger partial charge < -0.3 is 9.84 Å². The number of aromatic nitrogens is 1. The first kappa shape index (κ1) is 14.7. The maximum atomic E-state index is 12.7. The van der Waals surface area contributed by atoms with Crippen molar-refractivity contribution in [1.82, 2.24) is 5.16 Å². The zero-order chi connectivity index (χ0) is 16.6. The SMILES string of the molecule is Cc1ccc(NC(=O)C2(c3cc(-c4ccccc4)on3)CC2)cc1. The van der Waals surface area contributed by atoms with E-state index in [1.54, 1.807) is 0 Å². The lowest BCUT2D eigenvalue weighted by molar-refractivity contribution is -0.118. The molecule has 1 heterocycles. The number of hydrogen-bond acceptors (Lipinski definition) is 3. The first-order chi connectivity index (χ1) is 11.7. The highest BCUT2D eigenvalue weighted by Gasteiger charge is 2.53. The molecule has 1 N–H and O–H groups in total. The van der Waals surface area contributed by atoms with Gasteiger partial charge in [-0.05, 0) is 31.9 Å². The van der Waals surface area contributed by atoms with Crippen LogP contribution in [0.5, 0.6) is 0 Å². The Morgan fingerprint density at radius 1 is 1.08 bits per heavy atom. The summed E-state index contributed by atoms with van der Waals surface area (Å²) in [6.07, 6.45) is 1.59. The molecule has 1 fully saturated rings. The van der Waals surface area contributed by atoms with Crippen molar-refractivity contribution in [3.05, 3.63) is 71.9 Å². The van der Waals surface area contributed by atoms with Gasteiger partial charge in [0.2, 0.25) is 5.91 Å². The zero-order valence-corrected chi connectivity index (χ0v) is 13.5. The third kappa shape index (κ3) is 2.60. The molecule has 0 bridgehead atoms. The fourth-order valence-corrected chi connectivity index (χ4v) is 2.85. The van der Waals surface area contributed by atoms with E-state index in [0.29, 0.717) is 11.5 Å². The molecule has 24 heavy (non-hydrogen) atoms. The normalized spacial score (nSPS) is 15.0. The molecule has 0 spiro atoms. The molecule has 0 saturated heterocycles. The molecule has 1 aliphatic rings. The number of hydrogen-bond donors (Lipinski definition) is 1. The van der Waals surface area contributed by atoms with Gasteiger partial charge in [-0.3, -0.25) is 4.79 Å². The molecule has 4 rings (SSSR count). The van der Waals surface area contributed by atoms with Gasteiger partial charge >= 0.3 is 0 Å². The van der Waals surface area contributed by atoms with Crippen LogP contribution in [0.2, 0.25) is 0 Å². The van der Waals surface area contributed by atoms with Crippen molar-refractivity contribution >= 4 is 11.6 Å². The number of amides is 1. The number of aryl methyl sites for hydroxylation is 1. The van der Waals surface area contributed by atoms with E-state index in [-0.39, 0.29) is 5.91 Å². The number of rotatable bonds is 4. The van der Waals surface area contributed by atoms with E-state index >= 15 is 0 Å². The molecule has 120 valence electrons. The molecule has 4 heteroatoms. The average molecular weight is 318 g/mol. The van der Waals surface area contributed by atoms with Crippen molar-refractivity contribution in [2.75, 3.05) is 5.32 Å². The Hall–Kier alpha value is -2.88. The number of benzene rings is 2. The average Bonchev–Trinajstić information content (AvgIpc) is 3.28. The van der Waals surface area contributed by atoms with Crippen LogP contribution in [0.1, 0.15) is 24.1 Å². The number of carbonyl (C=O) groups is 1. The second kappa shape index (κ2) is 5.64. The van der Waals surface area contributed by atoms with Gasteiger partial charge in [0.25, 0.3) is 0 Å². The van der Waals surface area contributed by atoms with Crippen LogP contribution >= 0.6 is 0 Å². The maximum Gasteiger partial charge on any atom is 0.236 e. The number of nitrogens with zero attached hydrogens (tertiary/aromatic N) is 1. The second-order valence-corrected chi connectivity index (χ2v) is 6.34. The summed E-state index contributed by atoms with van der Waals surface area (Å²) in [7, 11) is 0. The minimum absolute atomic E-state index is 0.0146. The van der Waals surface area contributed by atoms with Crippen molar-refractivity contribution in [1.29, 1.82) is 0 Å². The van der Waals surface area contributed by atoms with E-state index in [1.165, 1.54) is 0 Å². The van der Waals surface area contributed by atoms with Crippen LogP contribution in [-0.2, 0) is 10.2 Å². The molecule has 0 unspecified atom stereocenters.